The lowest BCUT2D eigenvalue weighted by Crippen LogP contribution is -2.35. The predicted octanol–water partition coefficient (Wildman–Crippen LogP) is 0.748. The van der Waals surface area contributed by atoms with Gasteiger partial charge in [0.05, 0.1) is 31.6 Å². The molecule has 0 amide bonds. The van der Waals surface area contributed by atoms with Crippen LogP contribution in [0.3, 0.4) is 0 Å². The van der Waals surface area contributed by atoms with Crippen LogP contribution >= 0.6 is 0 Å². The molecule has 0 saturated heterocycles. The second-order valence-corrected chi connectivity index (χ2v) is 4.86. The fourth-order valence-corrected chi connectivity index (χ4v) is 1.52. The number of aryl methyl sites for hydroxylation is 1. The van der Waals surface area contributed by atoms with Crippen molar-refractivity contribution in [3.63, 3.8) is 0 Å². The molecule has 98 valence electrons. The molecule has 0 aromatic carbocycles. The Bertz CT molecular complexity index is 357. The molecule has 0 aliphatic carbocycles. The summed E-state index contributed by atoms with van der Waals surface area (Å²) in [6.07, 6.45) is 1.66. The number of methoxy groups -OCH3 is 1. The van der Waals surface area contributed by atoms with E-state index in [1.165, 1.54) is 0 Å². The van der Waals surface area contributed by atoms with Crippen LogP contribution < -0.4 is 16.0 Å². The first-order chi connectivity index (χ1) is 7.89. The SMILES string of the molecule is COc1cnn(C)c1C(COC(C)(C)C)NN. The molecule has 17 heavy (non-hydrogen) atoms. The molecule has 1 atom stereocenters. The number of nitrogens with two attached hydrogens (primary N) is 1. The number of hydrogen-bond donors (Lipinski definition) is 2. The minimum absolute atomic E-state index is 0.156. The van der Waals surface area contributed by atoms with Crippen LogP contribution in [0.1, 0.15) is 32.5 Å². The number of nitrogens with one attached hydrogen (secondary N) is 1. The van der Waals surface area contributed by atoms with Gasteiger partial charge in [-0.2, -0.15) is 5.10 Å². The quantitative estimate of drug-likeness (QED) is 0.588. The van der Waals surface area contributed by atoms with E-state index in [4.69, 9.17) is 15.3 Å². The molecule has 1 aromatic heterocycles. The molecule has 0 fully saturated rings. The van der Waals surface area contributed by atoms with E-state index in [1.807, 2.05) is 27.8 Å². The van der Waals surface area contributed by atoms with Crippen molar-refractivity contribution in [1.29, 1.82) is 0 Å². The summed E-state index contributed by atoms with van der Waals surface area (Å²) in [7, 11) is 3.46. The largest absolute Gasteiger partial charge is 0.493 e. The molecule has 1 unspecified atom stereocenters. The van der Waals surface area contributed by atoms with Crippen LogP contribution in [0.15, 0.2) is 6.20 Å². The van der Waals surface area contributed by atoms with E-state index in [-0.39, 0.29) is 11.6 Å². The van der Waals surface area contributed by atoms with Crippen LogP contribution in [0.4, 0.5) is 0 Å². The molecule has 0 aliphatic rings. The molecule has 1 rings (SSSR count). The van der Waals surface area contributed by atoms with Gasteiger partial charge < -0.3 is 9.47 Å². The van der Waals surface area contributed by atoms with Gasteiger partial charge in [-0.3, -0.25) is 10.5 Å². The molecule has 3 N–H and O–H groups in total. The average Bonchev–Trinajstić information content (AvgIpc) is 2.60. The molecule has 6 heteroatoms. The highest BCUT2D eigenvalue weighted by Gasteiger charge is 2.22. The summed E-state index contributed by atoms with van der Waals surface area (Å²) in [5.74, 6) is 6.26. The lowest BCUT2D eigenvalue weighted by Gasteiger charge is -2.24. The maximum Gasteiger partial charge on any atom is 0.161 e. The Kier molecular flexibility index (Phi) is 4.50. The summed E-state index contributed by atoms with van der Waals surface area (Å²) in [6, 6.07) is -0.156. The third kappa shape index (κ3) is 3.69. The summed E-state index contributed by atoms with van der Waals surface area (Å²) in [5, 5.41) is 4.14. The van der Waals surface area contributed by atoms with Crippen LogP contribution in [0.5, 0.6) is 5.75 Å². The summed E-state index contributed by atoms with van der Waals surface area (Å²) >= 11 is 0. The molecule has 1 heterocycles. The van der Waals surface area contributed by atoms with Crippen molar-refractivity contribution in [2.75, 3.05) is 13.7 Å². The van der Waals surface area contributed by atoms with Crippen LogP contribution in [0.25, 0.3) is 0 Å². The molecule has 1 aromatic rings. The lowest BCUT2D eigenvalue weighted by atomic mass is 10.1. The first kappa shape index (κ1) is 14.0. The van der Waals surface area contributed by atoms with Crippen molar-refractivity contribution in [2.24, 2.45) is 12.9 Å². The molecule has 0 bridgehead atoms. The van der Waals surface area contributed by atoms with Crippen molar-refractivity contribution < 1.29 is 9.47 Å². The van der Waals surface area contributed by atoms with E-state index in [0.717, 1.165) is 5.69 Å². The second-order valence-electron chi connectivity index (χ2n) is 4.86. The summed E-state index contributed by atoms with van der Waals surface area (Å²) in [5.41, 5.74) is 3.39. The van der Waals surface area contributed by atoms with E-state index < -0.39 is 0 Å². The minimum Gasteiger partial charge on any atom is -0.493 e. The Morgan fingerprint density at radius 1 is 1.53 bits per heavy atom. The van der Waals surface area contributed by atoms with Gasteiger partial charge in [0.1, 0.15) is 5.69 Å². The van der Waals surface area contributed by atoms with Crippen LogP contribution in [-0.2, 0) is 11.8 Å². The van der Waals surface area contributed by atoms with Crippen molar-refractivity contribution in [1.82, 2.24) is 15.2 Å². The van der Waals surface area contributed by atoms with Gasteiger partial charge in [-0.05, 0) is 20.8 Å². The summed E-state index contributed by atoms with van der Waals surface area (Å²) < 4.78 is 12.7. The number of aromatic nitrogens is 2. The molecule has 0 aliphatic heterocycles. The maximum atomic E-state index is 5.72. The molecule has 0 saturated carbocycles. The normalized spacial score (nSPS) is 13.8. The van der Waals surface area contributed by atoms with E-state index in [2.05, 4.69) is 10.5 Å². The van der Waals surface area contributed by atoms with Gasteiger partial charge in [0.25, 0.3) is 0 Å². The molecular weight excluding hydrogens is 220 g/mol. The zero-order chi connectivity index (χ0) is 13.1. The first-order valence-electron chi connectivity index (χ1n) is 5.55. The van der Waals surface area contributed by atoms with Crippen LogP contribution in [0, 0.1) is 0 Å². The van der Waals surface area contributed by atoms with Gasteiger partial charge in [0.2, 0.25) is 0 Å². The number of rotatable bonds is 5. The molecule has 6 nitrogen and oxygen atoms in total. The Balaban J connectivity index is 2.82. The Morgan fingerprint density at radius 3 is 2.65 bits per heavy atom. The Morgan fingerprint density at radius 2 is 2.18 bits per heavy atom. The van der Waals surface area contributed by atoms with Crippen molar-refractivity contribution in [3.8, 4) is 5.75 Å². The molecular formula is C11H22N4O2. The third-order valence-electron chi connectivity index (χ3n) is 2.38. The standard InChI is InChI=1S/C11H22N4O2/c1-11(2,3)17-7-8(14-12)10-9(16-5)6-13-15(10)4/h6,8,14H,7,12H2,1-5H3. The van der Waals surface area contributed by atoms with Crippen molar-refractivity contribution >= 4 is 0 Å². The predicted molar refractivity (Wildman–Crippen MR) is 65.5 cm³/mol. The van der Waals surface area contributed by atoms with Crippen molar-refractivity contribution in [2.45, 2.75) is 32.4 Å². The van der Waals surface area contributed by atoms with Gasteiger partial charge in [-0.15, -0.1) is 0 Å². The second kappa shape index (κ2) is 5.48. The highest BCUT2D eigenvalue weighted by atomic mass is 16.5. The van der Waals surface area contributed by atoms with Crippen LogP contribution in [-0.4, -0.2) is 29.1 Å². The maximum absolute atomic E-state index is 5.72. The topological polar surface area (TPSA) is 74.3 Å². The van der Waals surface area contributed by atoms with Gasteiger partial charge in [0.15, 0.2) is 5.75 Å². The zero-order valence-corrected chi connectivity index (χ0v) is 11.2. The summed E-state index contributed by atoms with van der Waals surface area (Å²) in [6.45, 7) is 6.46. The number of nitrogens with zero attached hydrogens (tertiary/aromatic N) is 2. The number of hydrazine groups is 1. The monoisotopic (exact) mass is 242 g/mol. The van der Waals surface area contributed by atoms with Gasteiger partial charge >= 0.3 is 0 Å². The average molecular weight is 242 g/mol. The number of hydrogen-bond acceptors (Lipinski definition) is 5. The van der Waals surface area contributed by atoms with E-state index in [1.54, 1.807) is 18.0 Å². The fraction of sp³-hybridized carbons (Fsp3) is 0.727. The van der Waals surface area contributed by atoms with E-state index in [0.29, 0.717) is 12.4 Å². The fourth-order valence-electron chi connectivity index (χ4n) is 1.52. The van der Waals surface area contributed by atoms with Gasteiger partial charge in [0, 0.05) is 7.05 Å². The number of ether oxygens (including phenoxy) is 2. The zero-order valence-electron chi connectivity index (χ0n) is 11.2. The van der Waals surface area contributed by atoms with Crippen molar-refractivity contribution in [3.05, 3.63) is 11.9 Å². The Hall–Kier alpha value is -1.11. The Labute approximate surface area is 102 Å². The van der Waals surface area contributed by atoms with Gasteiger partial charge in [-0.1, -0.05) is 0 Å². The smallest absolute Gasteiger partial charge is 0.161 e. The highest BCUT2D eigenvalue weighted by molar-refractivity contribution is 5.28. The highest BCUT2D eigenvalue weighted by Crippen LogP contribution is 2.25. The lowest BCUT2D eigenvalue weighted by molar-refractivity contribution is -0.0160. The third-order valence-corrected chi connectivity index (χ3v) is 2.38. The van der Waals surface area contributed by atoms with E-state index in [9.17, 15) is 0 Å². The first-order valence-corrected chi connectivity index (χ1v) is 5.55. The molecule has 0 spiro atoms. The van der Waals surface area contributed by atoms with E-state index >= 15 is 0 Å². The van der Waals surface area contributed by atoms with Crippen LogP contribution in [0.2, 0.25) is 0 Å². The minimum atomic E-state index is -0.207. The summed E-state index contributed by atoms with van der Waals surface area (Å²) in [4.78, 5) is 0. The van der Waals surface area contributed by atoms with Gasteiger partial charge in [-0.25, -0.2) is 5.43 Å². The molecule has 0 radical (unpaired) electrons.